The van der Waals surface area contributed by atoms with Gasteiger partial charge in [-0.2, -0.15) is 0 Å². The lowest BCUT2D eigenvalue weighted by atomic mass is 9.97. The van der Waals surface area contributed by atoms with E-state index in [0.29, 0.717) is 10.8 Å². The van der Waals surface area contributed by atoms with E-state index in [-0.39, 0.29) is 33.4 Å². The number of ketones is 1. The number of aromatic hydroxyl groups is 3. The number of carbonyl (C=O) groups is 1. The van der Waals surface area contributed by atoms with Crippen LogP contribution < -0.4 is 0 Å². The zero-order chi connectivity index (χ0) is 15.9. The monoisotopic (exact) mass is 314 g/mol. The molecule has 3 N–H and O–H groups in total. The van der Waals surface area contributed by atoms with Crippen molar-refractivity contribution < 1.29 is 20.1 Å². The molecular formula is C17H11ClO4. The average Bonchev–Trinajstić information content (AvgIpc) is 2.52. The molecule has 0 heterocycles. The zero-order valence-electron chi connectivity index (χ0n) is 11.2. The number of phenols is 3. The fraction of sp³-hybridized carbons (Fsp3) is 0. The van der Waals surface area contributed by atoms with E-state index in [1.54, 1.807) is 24.3 Å². The minimum absolute atomic E-state index is 0.0440. The molecule has 0 atom stereocenters. The van der Waals surface area contributed by atoms with Crippen LogP contribution >= 0.6 is 11.6 Å². The Balaban J connectivity index is 2.24. The summed E-state index contributed by atoms with van der Waals surface area (Å²) < 4.78 is 0. The van der Waals surface area contributed by atoms with Gasteiger partial charge in [-0.1, -0.05) is 35.9 Å². The Morgan fingerprint density at radius 1 is 0.818 bits per heavy atom. The van der Waals surface area contributed by atoms with Crippen molar-refractivity contribution in [2.24, 2.45) is 0 Å². The summed E-state index contributed by atoms with van der Waals surface area (Å²) in [4.78, 5) is 12.5. The van der Waals surface area contributed by atoms with E-state index >= 15 is 0 Å². The Kier molecular flexibility index (Phi) is 3.39. The van der Waals surface area contributed by atoms with Crippen molar-refractivity contribution >= 4 is 28.2 Å². The number of fused-ring (bicyclic) bond motifs is 1. The smallest absolute Gasteiger partial charge is 0.200 e. The van der Waals surface area contributed by atoms with Gasteiger partial charge in [0.15, 0.2) is 0 Å². The van der Waals surface area contributed by atoms with Crippen LogP contribution in [0.15, 0.2) is 48.5 Å². The van der Waals surface area contributed by atoms with Crippen molar-refractivity contribution in [1.82, 2.24) is 0 Å². The summed E-state index contributed by atoms with van der Waals surface area (Å²) >= 11 is 5.84. The van der Waals surface area contributed by atoms with Crippen LogP contribution in [0.25, 0.3) is 10.8 Å². The quantitative estimate of drug-likeness (QED) is 0.496. The summed E-state index contributed by atoms with van der Waals surface area (Å²) in [6.07, 6.45) is 0. The Morgan fingerprint density at radius 3 is 2.23 bits per heavy atom. The number of halogens is 1. The van der Waals surface area contributed by atoms with Crippen LogP contribution in [-0.2, 0) is 0 Å². The first-order chi connectivity index (χ1) is 10.5. The molecule has 0 aliphatic carbocycles. The fourth-order valence-corrected chi connectivity index (χ4v) is 2.52. The second kappa shape index (κ2) is 5.24. The molecule has 0 spiro atoms. The van der Waals surface area contributed by atoms with Gasteiger partial charge in [0.2, 0.25) is 5.78 Å². The van der Waals surface area contributed by atoms with Gasteiger partial charge >= 0.3 is 0 Å². The second-order valence-corrected chi connectivity index (χ2v) is 5.26. The van der Waals surface area contributed by atoms with Gasteiger partial charge in [-0.25, -0.2) is 0 Å². The Morgan fingerprint density at radius 2 is 1.50 bits per heavy atom. The summed E-state index contributed by atoms with van der Waals surface area (Å²) in [7, 11) is 0. The molecule has 0 unspecified atom stereocenters. The van der Waals surface area contributed by atoms with E-state index in [2.05, 4.69) is 0 Å². The van der Waals surface area contributed by atoms with Gasteiger partial charge in [0, 0.05) is 15.8 Å². The van der Waals surface area contributed by atoms with Gasteiger partial charge in [0.1, 0.15) is 17.2 Å². The standard InChI is InChI=1S/C17H11ClO4/c18-9-5-6-14(19)12(7-9)17(22)13-8-15(20)10-3-1-2-4-11(10)16(13)21/h1-8,19-21H. The topological polar surface area (TPSA) is 77.8 Å². The normalized spacial score (nSPS) is 10.8. The number of hydrogen-bond donors (Lipinski definition) is 3. The highest BCUT2D eigenvalue weighted by Gasteiger charge is 2.20. The van der Waals surface area contributed by atoms with Crippen LogP contribution in [0.2, 0.25) is 5.02 Å². The van der Waals surface area contributed by atoms with Crippen LogP contribution in [0.4, 0.5) is 0 Å². The molecule has 5 heteroatoms. The minimum atomic E-state index is -0.626. The summed E-state index contributed by atoms with van der Waals surface area (Å²) in [5.74, 6) is -1.25. The largest absolute Gasteiger partial charge is 0.507 e. The maximum absolute atomic E-state index is 12.5. The van der Waals surface area contributed by atoms with Gasteiger partial charge in [0.25, 0.3) is 0 Å². The predicted octanol–water partition coefficient (Wildman–Crippen LogP) is 3.84. The zero-order valence-corrected chi connectivity index (χ0v) is 12.0. The lowest BCUT2D eigenvalue weighted by Gasteiger charge is -2.10. The molecule has 0 aliphatic rings. The van der Waals surface area contributed by atoms with Crippen molar-refractivity contribution in [3.8, 4) is 17.2 Å². The van der Waals surface area contributed by atoms with Gasteiger partial charge < -0.3 is 15.3 Å². The summed E-state index contributed by atoms with van der Waals surface area (Å²) in [5.41, 5.74) is -0.147. The number of hydrogen-bond acceptors (Lipinski definition) is 4. The molecule has 0 bridgehead atoms. The Hall–Kier alpha value is -2.72. The number of benzene rings is 3. The summed E-state index contributed by atoms with van der Waals surface area (Å²) in [6.45, 7) is 0. The van der Waals surface area contributed by atoms with Gasteiger partial charge in [-0.15, -0.1) is 0 Å². The van der Waals surface area contributed by atoms with Gasteiger partial charge in [0.05, 0.1) is 11.1 Å². The van der Waals surface area contributed by atoms with Gasteiger partial charge in [-0.3, -0.25) is 4.79 Å². The highest BCUT2D eigenvalue weighted by atomic mass is 35.5. The summed E-state index contributed by atoms with van der Waals surface area (Å²) in [6, 6.07) is 11.9. The molecule has 0 aliphatic heterocycles. The fourth-order valence-electron chi connectivity index (χ4n) is 2.35. The highest BCUT2D eigenvalue weighted by Crippen LogP contribution is 2.37. The molecule has 3 aromatic rings. The van der Waals surface area contributed by atoms with Crippen LogP contribution in [0.5, 0.6) is 17.2 Å². The van der Waals surface area contributed by atoms with E-state index in [0.717, 1.165) is 0 Å². The van der Waals surface area contributed by atoms with Gasteiger partial charge in [-0.05, 0) is 24.3 Å². The van der Waals surface area contributed by atoms with Crippen molar-refractivity contribution in [3.05, 3.63) is 64.7 Å². The molecule has 0 radical (unpaired) electrons. The van der Waals surface area contributed by atoms with Crippen molar-refractivity contribution in [1.29, 1.82) is 0 Å². The predicted molar refractivity (Wildman–Crippen MR) is 83.8 cm³/mol. The number of phenolic OH excluding ortho intramolecular Hbond substituents is 3. The molecule has 0 saturated heterocycles. The van der Waals surface area contributed by atoms with Crippen molar-refractivity contribution in [3.63, 3.8) is 0 Å². The molecule has 4 nitrogen and oxygen atoms in total. The Labute approximate surface area is 130 Å². The highest BCUT2D eigenvalue weighted by molar-refractivity contribution is 6.31. The molecule has 0 saturated carbocycles. The Bertz CT molecular complexity index is 903. The van der Waals surface area contributed by atoms with Crippen LogP contribution in [0, 0.1) is 0 Å². The second-order valence-electron chi connectivity index (χ2n) is 4.83. The molecule has 22 heavy (non-hydrogen) atoms. The van der Waals surface area contributed by atoms with Crippen molar-refractivity contribution in [2.45, 2.75) is 0 Å². The van der Waals surface area contributed by atoms with E-state index in [1.165, 1.54) is 24.3 Å². The molecule has 3 aromatic carbocycles. The average molecular weight is 315 g/mol. The van der Waals surface area contributed by atoms with E-state index in [1.807, 2.05) is 0 Å². The molecule has 0 amide bonds. The maximum atomic E-state index is 12.5. The first-order valence-corrected chi connectivity index (χ1v) is 6.83. The number of rotatable bonds is 2. The third kappa shape index (κ3) is 2.23. The maximum Gasteiger partial charge on any atom is 0.200 e. The van der Waals surface area contributed by atoms with Crippen LogP contribution in [0.3, 0.4) is 0 Å². The number of carbonyl (C=O) groups excluding carboxylic acids is 1. The lowest BCUT2D eigenvalue weighted by molar-refractivity contribution is 0.103. The van der Waals surface area contributed by atoms with Crippen LogP contribution in [-0.4, -0.2) is 21.1 Å². The lowest BCUT2D eigenvalue weighted by Crippen LogP contribution is -2.02. The van der Waals surface area contributed by atoms with E-state index in [9.17, 15) is 20.1 Å². The minimum Gasteiger partial charge on any atom is -0.507 e. The van der Waals surface area contributed by atoms with E-state index in [4.69, 9.17) is 11.6 Å². The molecule has 110 valence electrons. The van der Waals surface area contributed by atoms with Crippen LogP contribution in [0.1, 0.15) is 15.9 Å². The molecule has 0 aromatic heterocycles. The molecule has 3 rings (SSSR count). The van der Waals surface area contributed by atoms with E-state index < -0.39 is 5.78 Å². The first-order valence-electron chi connectivity index (χ1n) is 6.46. The third-order valence-electron chi connectivity index (χ3n) is 3.44. The SMILES string of the molecule is O=C(c1cc(Cl)ccc1O)c1cc(O)c2ccccc2c1O. The summed E-state index contributed by atoms with van der Waals surface area (Å²) in [5, 5.41) is 31.3. The molecule has 0 fully saturated rings. The first kappa shape index (κ1) is 14.2. The van der Waals surface area contributed by atoms with Crippen molar-refractivity contribution in [2.75, 3.05) is 0 Å². The third-order valence-corrected chi connectivity index (χ3v) is 3.68. The molecular weight excluding hydrogens is 304 g/mol.